The third-order valence-corrected chi connectivity index (χ3v) is 5.14. The van der Waals surface area contributed by atoms with Gasteiger partial charge in [-0.15, -0.1) is 0 Å². The molecule has 7 nitrogen and oxygen atoms in total. The monoisotopic (exact) mass is 366 g/mol. The Morgan fingerprint density at radius 2 is 2.15 bits per heavy atom. The molecule has 1 atom stereocenters. The maximum absolute atomic E-state index is 13.5. The number of fused-ring (bicyclic) bond motifs is 2. The van der Waals surface area contributed by atoms with Gasteiger partial charge in [0.05, 0.1) is 22.8 Å². The maximum Gasteiger partial charge on any atom is 0.272 e. The van der Waals surface area contributed by atoms with Crippen molar-refractivity contribution >= 4 is 16.7 Å². The molecule has 4 heterocycles. The van der Waals surface area contributed by atoms with E-state index in [1.165, 1.54) is 16.6 Å². The number of rotatable bonds is 3. The smallest absolute Gasteiger partial charge is 0.272 e. The average Bonchev–Trinajstić information content (AvgIpc) is 3.32. The number of halogens is 1. The molecule has 3 aromatic heterocycles. The summed E-state index contributed by atoms with van der Waals surface area (Å²) in [6.45, 7) is 3.38. The van der Waals surface area contributed by atoms with E-state index in [-0.39, 0.29) is 17.4 Å². The van der Waals surface area contributed by atoms with Crippen molar-refractivity contribution in [2.75, 3.05) is 6.54 Å². The molecule has 0 radical (unpaired) electrons. The van der Waals surface area contributed by atoms with Crippen LogP contribution in [0.4, 0.5) is 4.39 Å². The second-order valence-electron chi connectivity index (χ2n) is 7.13. The quantitative estimate of drug-likeness (QED) is 0.584. The third-order valence-electron chi connectivity index (χ3n) is 5.14. The number of aromatic amines is 2. The van der Waals surface area contributed by atoms with E-state index >= 15 is 0 Å². The van der Waals surface area contributed by atoms with Crippen LogP contribution < -0.4 is 5.56 Å². The summed E-state index contributed by atoms with van der Waals surface area (Å²) < 4.78 is 14.9. The van der Waals surface area contributed by atoms with E-state index in [2.05, 4.69) is 25.0 Å². The van der Waals surface area contributed by atoms with E-state index in [0.29, 0.717) is 17.7 Å². The highest BCUT2D eigenvalue weighted by atomic mass is 19.1. The average molecular weight is 366 g/mol. The van der Waals surface area contributed by atoms with E-state index < -0.39 is 0 Å². The molecule has 0 saturated carbocycles. The van der Waals surface area contributed by atoms with Crippen LogP contribution in [0.2, 0.25) is 0 Å². The molecule has 8 heteroatoms. The molecule has 5 rings (SSSR count). The lowest BCUT2D eigenvalue weighted by Crippen LogP contribution is -2.26. The summed E-state index contributed by atoms with van der Waals surface area (Å²) in [6, 6.07) is 8.12. The summed E-state index contributed by atoms with van der Waals surface area (Å²) >= 11 is 0. The molecule has 138 valence electrons. The molecular weight excluding hydrogens is 347 g/mol. The number of nitrogens with one attached hydrogen (secondary N) is 2. The lowest BCUT2D eigenvalue weighted by atomic mass is 10.2. The van der Waals surface area contributed by atoms with Crippen LogP contribution in [0.15, 0.2) is 35.1 Å². The molecule has 0 amide bonds. The van der Waals surface area contributed by atoms with Gasteiger partial charge in [0.1, 0.15) is 11.6 Å². The Labute approximate surface area is 153 Å². The fourth-order valence-corrected chi connectivity index (χ4v) is 3.93. The van der Waals surface area contributed by atoms with E-state index in [4.69, 9.17) is 0 Å². The van der Waals surface area contributed by atoms with Crippen molar-refractivity contribution in [1.82, 2.24) is 29.5 Å². The van der Waals surface area contributed by atoms with E-state index in [0.717, 1.165) is 42.1 Å². The molecule has 1 aromatic carbocycles. The van der Waals surface area contributed by atoms with Gasteiger partial charge >= 0.3 is 0 Å². The minimum atomic E-state index is -0.277. The Hall–Kier alpha value is -3.00. The largest absolute Gasteiger partial charge is 0.341 e. The van der Waals surface area contributed by atoms with Gasteiger partial charge in [0.25, 0.3) is 5.56 Å². The van der Waals surface area contributed by atoms with Gasteiger partial charge in [-0.25, -0.2) is 18.9 Å². The van der Waals surface area contributed by atoms with Gasteiger partial charge in [-0.05, 0) is 44.5 Å². The Kier molecular flexibility index (Phi) is 3.61. The predicted octanol–water partition coefficient (Wildman–Crippen LogP) is 2.68. The summed E-state index contributed by atoms with van der Waals surface area (Å²) in [4.78, 5) is 27.1. The molecule has 1 unspecified atom stereocenters. The SMILES string of the molecule is Cc1cc2nc(CN3CCCC3c3nc4ccc(F)cc4[nH]3)cc(=O)n2[nH]1. The zero-order valence-corrected chi connectivity index (χ0v) is 14.9. The first kappa shape index (κ1) is 16.2. The molecule has 1 saturated heterocycles. The Bertz CT molecular complexity index is 1210. The fourth-order valence-electron chi connectivity index (χ4n) is 3.93. The highest BCUT2D eigenvalue weighted by molar-refractivity contribution is 5.75. The molecule has 0 spiro atoms. The number of H-pyrrole nitrogens is 2. The molecular formula is C19H19FN6O. The van der Waals surface area contributed by atoms with Crippen molar-refractivity contribution in [3.05, 3.63) is 63.7 Å². The normalized spacial score (nSPS) is 18.1. The Morgan fingerprint density at radius 1 is 1.26 bits per heavy atom. The number of hydrogen-bond acceptors (Lipinski definition) is 4. The highest BCUT2D eigenvalue weighted by Crippen LogP contribution is 2.32. The Morgan fingerprint density at radius 3 is 3.04 bits per heavy atom. The predicted molar refractivity (Wildman–Crippen MR) is 99.0 cm³/mol. The highest BCUT2D eigenvalue weighted by Gasteiger charge is 2.29. The van der Waals surface area contributed by atoms with Crippen LogP contribution in [0, 0.1) is 12.7 Å². The van der Waals surface area contributed by atoms with Crippen LogP contribution in [-0.4, -0.2) is 36.0 Å². The molecule has 1 fully saturated rings. The van der Waals surface area contributed by atoms with Gasteiger partial charge in [0.15, 0.2) is 5.65 Å². The van der Waals surface area contributed by atoms with Gasteiger partial charge in [-0.2, -0.15) is 0 Å². The molecule has 0 aliphatic carbocycles. The topological polar surface area (TPSA) is 82.1 Å². The van der Waals surface area contributed by atoms with E-state index in [1.54, 1.807) is 12.1 Å². The third kappa shape index (κ3) is 2.82. The number of nitrogens with zero attached hydrogens (tertiary/aromatic N) is 4. The lowest BCUT2D eigenvalue weighted by molar-refractivity contribution is 0.238. The standard InChI is InChI=1S/C19H19FN6O/c1-11-7-17-21-13(9-18(27)26(17)24-11)10-25-6-2-3-16(25)19-22-14-5-4-12(20)8-15(14)23-19/h4-5,7-9,16,24H,2-3,6,10H2,1H3,(H,22,23). The van der Waals surface area contributed by atoms with Crippen molar-refractivity contribution in [2.45, 2.75) is 32.4 Å². The number of benzene rings is 1. The molecule has 1 aliphatic heterocycles. The molecule has 0 bridgehead atoms. The summed E-state index contributed by atoms with van der Waals surface area (Å²) in [5, 5.41) is 2.98. The first-order valence-corrected chi connectivity index (χ1v) is 9.04. The fraction of sp³-hybridized carbons (Fsp3) is 0.316. The van der Waals surface area contributed by atoms with Gasteiger partial charge in [0.2, 0.25) is 0 Å². The zero-order valence-electron chi connectivity index (χ0n) is 14.9. The van der Waals surface area contributed by atoms with Crippen LogP contribution in [0.3, 0.4) is 0 Å². The minimum absolute atomic E-state index is 0.105. The van der Waals surface area contributed by atoms with Crippen molar-refractivity contribution in [1.29, 1.82) is 0 Å². The molecule has 4 aromatic rings. The molecule has 27 heavy (non-hydrogen) atoms. The second-order valence-corrected chi connectivity index (χ2v) is 7.13. The van der Waals surface area contributed by atoms with Crippen LogP contribution in [0.25, 0.3) is 16.7 Å². The van der Waals surface area contributed by atoms with Crippen molar-refractivity contribution < 1.29 is 4.39 Å². The van der Waals surface area contributed by atoms with Crippen molar-refractivity contribution in [3.8, 4) is 0 Å². The summed E-state index contributed by atoms with van der Waals surface area (Å²) in [5.74, 6) is 0.559. The van der Waals surface area contributed by atoms with Gasteiger partial charge in [-0.3, -0.25) is 14.8 Å². The van der Waals surface area contributed by atoms with Crippen LogP contribution in [0.1, 0.15) is 36.1 Å². The number of aryl methyl sites for hydroxylation is 1. The summed E-state index contributed by atoms with van der Waals surface area (Å²) in [6.07, 6.45) is 2.01. The minimum Gasteiger partial charge on any atom is -0.341 e. The first-order chi connectivity index (χ1) is 13.1. The lowest BCUT2D eigenvalue weighted by Gasteiger charge is -2.22. The van der Waals surface area contributed by atoms with Crippen molar-refractivity contribution in [2.24, 2.45) is 0 Å². The number of aromatic nitrogens is 5. The summed E-state index contributed by atoms with van der Waals surface area (Å²) in [7, 11) is 0. The van der Waals surface area contributed by atoms with E-state index in [1.807, 2.05) is 13.0 Å². The molecule has 2 N–H and O–H groups in total. The molecule has 1 aliphatic rings. The van der Waals surface area contributed by atoms with Gasteiger partial charge in [-0.1, -0.05) is 0 Å². The summed E-state index contributed by atoms with van der Waals surface area (Å²) in [5.41, 5.74) is 3.62. The van der Waals surface area contributed by atoms with Crippen LogP contribution >= 0.6 is 0 Å². The van der Waals surface area contributed by atoms with E-state index in [9.17, 15) is 9.18 Å². The first-order valence-electron chi connectivity index (χ1n) is 9.04. The maximum atomic E-state index is 13.5. The van der Waals surface area contributed by atoms with Gasteiger partial charge in [0, 0.05) is 24.4 Å². The second kappa shape index (κ2) is 6.02. The van der Waals surface area contributed by atoms with Gasteiger partial charge < -0.3 is 4.98 Å². The van der Waals surface area contributed by atoms with Crippen LogP contribution in [-0.2, 0) is 6.54 Å². The number of imidazole rings is 1. The van der Waals surface area contributed by atoms with Crippen molar-refractivity contribution in [3.63, 3.8) is 0 Å². The van der Waals surface area contributed by atoms with Crippen LogP contribution in [0.5, 0.6) is 0 Å². The zero-order chi connectivity index (χ0) is 18.5. The number of likely N-dealkylation sites (tertiary alicyclic amines) is 1. The number of hydrogen-bond donors (Lipinski definition) is 2. The Balaban J connectivity index is 1.46.